The van der Waals surface area contributed by atoms with Crippen LogP contribution in [0.5, 0.6) is 0 Å². The van der Waals surface area contributed by atoms with Gasteiger partial charge in [-0.25, -0.2) is 0 Å². The van der Waals surface area contributed by atoms with Gasteiger partial charge in [0.25, 0.3) is 5.56 Å². The van der Waals surface area contributed by atoms with E-state index in [0.29, 0.717) is 17.9 Å². The minimum atomic E-state index is 0.0379. The lowest BCUT2D eigenvalue weighted by atomic mass is 9.91. The van der Waals surface area contributed by atoms with Gasteiger partial charge in [-0.15, -0.1) is 0 Å². The summed E-state index contributed by atoms with van der Waals surface area (Å²) >= 11 is 0. The van der Waals surface area contributed by atoms with Crippen molar-refractivity contribution in [2.24, 2.45) is 10.4 Å². The molecule has 6 rings (SSSR count). The first kappa shape index (κ1) is 22.0. The molecule has 2 saturated carbocycles. The maximum absolute atomic E-state index is 12.9. The smallest absolute Gasteiger partial charge is 0.251 e. The highest BCUT2D eigenvalue weighted by molar-refractivity contribution is 5.84. The minimum Gasteiger partial charge on any atom is -0.381 e. The van der Waals surface area contributed by atoms with Crippen molar-refractivity contribution >= 4 is 6.21 Å². The molecule has 2 aliphatic heterocycles. The Morgan fingerprint density at radius 2 is 1.85 bits per heavy atom. The third kappa shape index (κ3) is 4.00. The number of pyridine rings is 1. The predicted octanol–water partition coefficient (Wildman–Crippen LogP) is 6.30. The predicted molar refractivity (Wildman–Crippen MR) is 137 cm³/mol. The number of fused-ring (bicyclic) bond motifs is 3. The summed E-state index contributed by atoms with van der Waals surface area (Å²) in [6, 6.07) is 13.3. The largest absolute Gasteiger partial charge is 0.381 e. The minimum absolute atomic E-state index is 0.0379. The molecule has 1 aromatic carbocycles. The summed E-state index contributed by atoms with van der Waals surface area (Å²) in [6.45, 7) is 4.12. The van der Waals surface area contributed by atoms with Crippen LogP contribution in [-0.4, -0.2) is 24.0 Å². The maximum atomic E-state index is 12.9. The van der Waals surface area contributed by atoms with Crippen LogP contribution in [0.1, 0.15) is 98.6 Å². The lowest BCUT2D eigenvalue weighted by Gasteiger charge is -2.21. The molecule has 3 unspecified atom stereocenters. The van der Waals surface area contributed by atoms with Crippen LogP contribution in [0.15, 0.2) is 58.0 Å². The van der Waals surface area contributed by atoms with E-state index in [9.17, 15) is 4.79 Å². The van der Waals surface area contributed by atoms with Crippen LogP contribution < -0.4 is 5.56 Å². The van der Waals surface area contributed by atoms with Gasteiger partial charge in [0.05, 0.1) is 0 Å². The lowest BCUT2D eigenvalue weighted by molar-refractivity contribution is 0.143. The molecule has 0 radical (unpaired) electrons. The molecule has 0 N–H and O–H groups in total. The summed E-state index contributed by atoms with van der Waals surface area (Å²) in [5.74, 6) is 1.02. The van der Waals surface area contributed by atoms with Crippen LogP contribution >= 0.6 is 0 Å². The van der Waals surface area contributed by atoms with Crippen molar-refractivity contribution in [2.45, 2.75) is 82.6 Å². The van der Waals surface area contributed by atoms with Crippen LogP contribution in [-0.2, 0) is 11.2 Å². The van der Waals surface area contributed by atoms with Crippen molar-refractivity contribution in [3.05, 3.63) is 80.9 Å². The number of nitrogens with zero attached hydrogens (tertiary/aromatic N) is 2. The summed E-state index contributed by atoms with van der Waals surface area (Å²) in [6.07, 6.45) is 14.6. The van der Waals surface area contributed by atoms with Gasteiger partial charge in [0.1, 0.15) is 0 Å². The van der Waals surface area contributed by atoms with Crippen LogP contribution in [0.25, 0.3) is 0 Å². The highest BCUT2D eigenvalue weighted by Gasteiger charge is 2.56. The standard InChI is InChI=1S/C30H36N2O2/c1-30-19-26(30)29-24(13-15-28(33)32(29)25-6-2-3-7-25)20-31-27(30)14-10-21-8-11-23(12-9-21)22-5-4-17-34-18-16-22/h8-9,11-15,20,22,25-26H,2-7,10,16-19H2,1H3/b27-14-. The van der Waals surface area contributed by atoms with Crippen LogP contribution in [0.4, 0.5) is 0 Å². The summed E-state index contributed by atoms with van der Waals surface area (Å²) in [5.41, 5.74) is 6.55. The Morgan fingerprint density at radius 3 is 2.68 bits per heavy atom. The first-order valence-corrected chi connectivity index (χ1v) is 13.3. The molecule has 1 saturated heterocycles. The summed E-state index contributed by atoms with van der Waals surface area (Å²) in [4.78, 5) is 17.9. The molecule has 0 amide bonds. The fraction of sp³-hybridized carbons (Fsp3) is 0.533. The zero-order valence-electron chi connectivity index (χ0n) is 20.3. The number of hydrogen-bond donors (Lipinski definition) is 0. The van der Waals surface area contributed by atoms with Crippen molar-refractivity contribution in [2.75, 3.05) is 13.2 Å². The number of aromatic nitrogens is 1. The van der Waals surface area contributed by atoms with Gasteiger partial charge < -0.3 is 9.30 Å². The number of allylic oxidation sites excluding steroid dienone is 2. The van der Waals surface area contributed by atoms with E-state index >= 15 is 0 Å². The molecular weight excluding hydrogens is 420 g/mol. The van der Waals surface area contributed by atoms with Crippen LogP contribution in [0, 0.1) is 5.41 Å². The number of benzene rings is 1. The van der Waals surface area contributed by atoms with Gasteiger partial charge in [-0.1, -0.05) is 50.1 Å². The van der Waals surface area contributed by atoms with Crippen LogP contribution in [0.3, 0.4) is 0 Å². The second-order valence-corrected chi connectivity index (χ2v) is 11.0. The first-order chi connectivity index (χ1) is 16.6. The summed E-state index contributed by atoms with van der Waals surface area (Å²) in [7, 11) is 0. The Labute approximate surface area is 202 Å². The average Bonchev–Trinajstić information content (AvgIpc) is 3.40. The van der Waals surface area contributed by atoms with Crippen LogP contribution in [0.2, 0.25) is 0 Å². The van der Waals surface area contributed by atoms with Gasteiger partial charge in [0.2, 0.25) is 0 Å². The number of rotatable bonds is 4. The van der Waals surface area contributed by atoms with E-state index in [-0.39, 0.29) is 11.0 Å². The van der Waals surface area contributed by atoms with E-state index in [1.807, 2.05) is 12.3 Å². The highest BCUT2D eigenvalue weighted by Crippen LogP contribution is 2.65. The summed E-state index contributed by atoms with van der Waals surface area (Å²) in [5, 5.41) is 0. The molecule has 0 spiro atoms. The molecule has 178 valence electrons. The lowest BCUT2D eigenvalue weighted by Crippen LogP contribution is -2.27. The molecular formula is C30H36N2O2. The molecule has 1 aromatic heterocycles. The van der Waals surface area contributed by atoms with Crippen molar-refractivity contribution < 1.29 is 4.74 Å². The van der Waals surface area contributed by atoms with E-state index in [1.54, 1.807) is 6.07 Å². The fourth-order valence-electron chi connectivity index (χ4n) is 6.60. The molecule has 4 heteroatoms. The number of hydrogen-bond acceptors (Lipinski definition) is 3. The third-order valence-corrected chi connectivity index (χ3v) is 8.82. The van der Waals surface area contributed by atoms with Crippen molar-refractivity contribution in [1.82, 2.24) is 4.57 Å². The molecule has 3 fully saturated rings. The van der Waals surface area contributed by atoms with Gasteiger partial charge in [-0.05, 0) is 68.1 Å². The van der Waals surface area contributed by atoms with Gasteiger partial charge >= 0.3 is 0 Å². The van der Waals surface area contributed by atoms with E-state index in [1.165, 1.54) is 41.8 Å². The number of aliphatic imine (C=N–C) groups is 1. The molecule has 4 aliphatic rings. The second-order valence-electron chi connectivity index (χ2n) is 11.0. The molecule has 2 aliphatic carbocycles. The zero-order chi connectivity index (χ0) is 23.1. The normalized spacial score (nSPS) is 30.0. The monoisotopic (exact) mass is 456 g/mol. The Hall–Kier alpha value is -2.46. The fourth-order valence-corrected chi connectivity index (χ4v) is 6.60. The van der Waals surface area contributed by atoms with E-state index < -0.39 is 0 Å². The molecule has 34 heavy (non-hydrogen) atoms. The Bertz CT molecular complexity index is 1160. The van der Waals surface area contributed by atoms with E-state index in [0.717, 1.165) is 57.3 Å². The average molecular weight is 457 g/mol. The van der Waals surface area contributed by atoms with Gasteiger partial charge in [0.15, 0.2) is 0 Å². The Kier molecular flexibility index (Phi) is 5.81. The van der Waals surface area contributed by atoms with E-state index in [4.69, 9.17) is 9.73 Å². The SMILES string of the molecule is CC12CC1c1c(ccc(=O)n1C1CCCC1)C=N/C2=C\Cc1ccc(C2CCCOCC2)cc1. The maximum Gasteiger partial charge on any atom is 0.251 e. The highest BCUT2D eigenvalue weighted by atomic mass is 16.5. The van der Waals surface area contributed by atoms with Crippen molar-refractivity contribution in [3.63, 3.8) is 0 Å². The van der Waals surface area contributed by atoms with Gasteiger partial charge in [-0.3, -0.25) is 9.79 Å². The van der Waals surface area contributed by atoms with Gasteiger partial charge in [0, 0.05) is 59.8 Å². The summed E-state index contributed by atoms with van der Waals surface area (Å²) < 4.78 is 7.78. The van der Waals surface area contributed by atoms with E-state index in [2.05, 4.69) is 41.8 Å². The number of ether oxygens (including phenoxy) is 1. The van der Waals surface area contributed by atoms with Crippen molar-refractivity contribution in [3.8, 4) is 0 Å². The molecule has 2 aromatic rings. The molecule has 0 bridgehead atoms. The third-order valence-electron chi connectivity index (χ3n) is 8.82. The Morgan fingerprint density at radius 1 is 1.03 bits per heavy atom. The molecule has 3 atom stereocenters. The second kappa shape index (κ2) is 8.96. The van der Waals surface area contributed by atoms with Gasteiger partial charge in [-0.2, -0.15) is 0 Å². The molecule has 4 nitrogen and oxygen atoms in total. The zero-order valence-corrected chi connectivity index (χ0v) is 20.3. The first-order valence-electron chi connectivity index (χ1n) is 13.3. The quantitative estimate of drug-likeness (QED) is 0.542. The Balaban J connectivity index is 1.23. The molecule has 3 heterocycles. The van der Waals surface area contributed by atoms with Crippen molar-refractivity contribution in [1.29, 1.82) is 0 Å². The topological polar surface area (TPSA) is 43.6 Å².